The number of hydrogen-bond acceptors (Lipinski definition) is 4. The summed E-state index contributed by atoms with van der Waals surface area (Å²) in [6.07, 6.45) is 14.6. The minimum Gasteiger partial charge on any atom is -0.785 e. The van der Waals surface area contributed by atoms with Crippen LogP contribution in [0.4, 0.5) is 0 Å². The van der Waals surface area contributed by atoms with Crippen LogP contribution in [0.3, 0.4) is 0 Å². The van der Waals surface area contributed by atoms with Crippen molar-refractivity contribution in [3.63, 3.8) is 0 Å². The summed E-state index contributed by atoms with van der Waals surface area (Å²) in [5, 5.41) is 32.7. The Morgan fingerprint density at radius 2 is 1.12 bits per heavy atom. The summed E-state index contributed by atoms with van der Waals surface area (Å²) >= 11 is 0. The van der Waals surface area contributed by atoms with Gasteiger partial charge in [-0.05, 0) is 40.2 Å². The second kappa shape index (κ2) is 15.0. The Hall–Kier alpha value is -0.160. The van der Waals surface area contributed by atoms with Crippen LogP contribution >= 0.6 is 0 Å². The number of nitrogens with zero attached hydrogens (tertiary/aromatic N) is 1. The van der Waals surface area contributed by atoms with Crippen LogP contribution in [-0.4, -0.2) is 40.1 Å². The van der Waals surface area contributed by atoms with Crippen LogP contribution in [-0.2, 0) is 0 Å². The zero-order valence-electron chi connectivity index (χ0n) is 17.3. The molecule has 2 N–H and O–H groups in total. The van der Waals surface area contributed by atoms with Gasteiger partial charge >= 0.3 is 0 Å². The molecule has 0 aliphatic carbocycles. The maximum atomic E-state index is 12.1. The van der Waals surface area contributed by atoms with Gasteiger partial charge in [-0.15, -0.1) is 0 Å². The van der Waals surface area contributed by atoms with Crippen LogP contribution in [0.25, 0.3) is 0 Å². The van der Waals surface area contributed by atoms with E-state index < -0.39 is 17.7 Å². The molecule has 0 aliphatic rings. The zero-order chi connectivity index (χ0) is 19.1. The fourth-order valence-corrected chi connectivity index (χ4v) is 3.92. The lowest BCUT2D eigenvalue weighted by Crippen LogP contribution is -2.47. The highest BCUT2D eigenvalue weighted by Gasteiger charge is 2.32. The molecular weight excluding hydrogens is 314 g/mol. The highest BCUT2D eigenvalue weighted by atomic mass is 16.5. The molecule has 0 aromatic heterocycles. The maximum absolute atomic E-state index is 12.1. The number of rotatable bonds is 17. The van der Waals surface area contributed by atoms with E-state index in [9.17, 15) is 15.4 Å². The lowest BCUT2D eigenvalue weighted by atomic mass is 9.81. The Kier molecular flexibility index (Phi) is 14.9. The van der Waals surface area contributed by atoms with E-state index in [1.807, 2.05) is 0 Å². The quantitative estimate of drug-likeness (QED) is 0.270. The molecule has 0 spiro atoms. The SMILES string of the molecule is CCCCCCCCCCCCCC(CC(C)O)(CC(C)O)N(C)[O-]. The molecule has 0 heterocycles. The van der Waals surface area contributed by atoms with Crippen molar-refractivity contribution in [1.82, 2.24) is 5.06 Å². The summed E-state index contributed by atoms with van der Waals surface area (Å²) in [7, 11) is 1.53. The van der Waals surface area contributed by atoms with Crippen molar-refractivity contribution in [2.24, 2.45) is 0 Å². The predicted octanol–water partition coefficient (Wildman–Crippen LogP) is 5.40. The molecule has 0 saturated heterocycles. The number of unbranched alkanes of at least 4 members (excludes halogenated alkanes) is 10. The summed E-state index contributed by atoms with van der Waals surface area (Å²) < 4.78 is 0. The maximum Gasteiger partial charge on any atom is 0.0529 e. The van der Waals surface area contributed by atoms with E-state index in [4.69, 9.17) is 0 Å². The molecular formula is C21H44NO3-. The Morgan fingerprint density at radius 1 is 0.760 bits per heavy atom. The molecule has 4 heteroatoms. The van der Waals surface area contributed by atoms with Crippen LogP contribution in [0.2, 0.25) is 0 Å². The molecule has 0 saturated carbocycles. The molecule has 152 valence electrons. The predicted molar refractivity (Wildman–Crippen MR) is 108 cm³/mol. The Labute approximate surface area is 156 Å². The Balaban J connectivity index is 3.98. The molecule has 0 aromatic rings. The van der Waals surface area contributed by atoms with Crippen LogP contribution in [0.5, 0.6) is 0 Å². The summed E-state index contributed by atoms with van der Waals surface area (Å²) in [6, 6.07) is 0. The third-order valence-electron chi connectivity index (χ3n) is 5.26. The van der Waals surface area contributed by atoms with E-state index in [1.165, 1.54) is 64.8 Å². The molecule has 0 rings (SSSR count). The van der Waals surface area contributed by atoms with Gasteiger partial charge in [-0.3, -0.25) is 0 Å². The molecule has 0 fully saturated rings. The van der Waals surface area contributed by atoms with Crippen molar-refractivity contribution in [3.8, 4) is 0 Å². The van der Waals surface area contributed by atoms with Gasteiger partial charge in [0.1, 0.15) is 0 Å². The first-order valence-corrected chi connectivity index (χ1v) is 10.6. The van der Waals surface area contributed by atoms with Gasteiger partial charge in [0.2, 0.25) is 0 Å². The van der Waals surface area contributed by atoms with E-state index in [0.717, 1.165) is 24.3 Å². The van der Waals surface area contributed by atoms with E-state index in [1.54, 1.807) is 13.8 Å². The normalized spacial score (nSPS) is 16.8. The van der Waals surface area contributed by atoms with Gasteiger partial charge < -0.3 is 20.5 Å². The van der Waals surface area contributed by atoms with Crippen LogP contribution < -0.4 is 0 Å². The Morgan fingerprint density at radius 3 is 1.44 bits per heavy atom. The monoisotopic (exact) mass is 358 g/mol. The van der Waals surface area contributed by atoms with Crippen molar-refractivity contribution in [1.29, 1.82) is 0 Å². The van der Waals surface area contributed by atoms with E-state index in [0.29, 0.717) is 12.8 Å². The second-order valence-corrected chi connectivity index (χ2v) is 8.11. The average molecular weight is 359 g/mol. The molecule has 2 unspecified atom stereocenters. The first-order chi connectivity index (χ1) is 11.8. The zero-order valence-corrected chi connectivity index (χ0v) is 17.3. The first-order valence-electron chi connectivity index (χ1n) is 10.6. The largest absolute Gasteiger partial charge is 0.785 e. The van der Waals surface area contributed by atoms with Crippen LogP contribution in [0, 0.1) is 5.21 Å². The summed E-state index contributed by atoms with van der Waals surface area (Å²) in [5.41, 5.74) is -0.637. The van der Waals surface area contributed by atoms with Gasteiger partial charge in [-0.2, -0.15) is 0 Å². The lowest BCUT2D eigenvalue weighted by Gasteiger charge is -2.48. The molecule has 0 aliphatic heterocycles. The van der Waals surface area contributed by atoms with Gasteiger partial charge in [-0.25, -0.2) is 0 Å². The van der Waals surface area contributed by atoms with Crippen LogP contribution in [0.1, 0.15) is 111 Å². The number of aliphatic hydroxyl groups is 2. The summed E-state index contributed by atoms with van der Waals surface area (Å²) in [4.78, 5) is 0. The highest BCUT2D eigenvalue weighted by molar-refractivity contribution is 4.92. The molecule has 0 bridgehead atoms. The fraction of sp³-hybridized carbons (Fsp3) is 1.00. The van der Waals surface area contributed by atoms with Gasteiger partial charge in [0.15, 0.2) is 0 Å². The highest BCUT2D eigenvalue weighted by Crippen LogP contribution is 2.32. The smallest absolute Gasteiger partial charge is 0.0529 e. The minimum absolute atomic E-state index is 0.426. The third kappa shape index (κ3) is 12.8. The summed E-state index contributed by atoms with van der Waals surface area (Å²) in [6.45, 7) is 5.70. The van der Waals surface area contributed by atoms with Crippen LogP contribution in [0.15, 0.2) is 0 Å². The molecule has 0 aromatic carbocycles. The first kappa shape index (κ1) is 24.8. The van der Waals surface area contributed by atoms with Crippen molar-refractivity contribution in [3.05, 3.63) is 5.21 Å². The van der Waals surface area contributed by atoms with E-state index >= 15 is 0 Å². The molecule has 0 radical (unpaired) electrons. The van der Waals surface area contributed by atoms with Crippen molar-refractivity contribution in [2.45, 2.75) is 128 Å². The average Bonchev–Trinajstić information content (AvgIpc) is 2.51. The van der Waals surface area contributed by atoms with Crippen molar-refractivity contribution in [2.75, 3.05) is 7.05 Å². The van der Waals surface area contributed by atoms with E-state index in [-0.39, 0.29) is 0 Å². The molecule has 25 heavy (non-hydrogen) atoms. The standard InChI is InChI=1S/C21H44NO3/c1-5-6-7-8-9-10-11-12-13-14-15-16-21(22(4)25,17-19(2)23)18-20(3)24/h19-20,23-24H,5-18H2,1-4H3/q-1. The van der Waals surface area contributed by atoms with Gasteiger partial charge in [0.25, 0.3) is 0 Å². The molecule has 0 amide bonds. The Bertz CT molecular complexity index is 283. The number of hydroxylamine groups is 2. The molecule has 2 atom stereocenters. The fourth-order valence-electron chi connectivity index (χ4n) is 3.92. The number of hydrogen-bond donors (Lipinski definition) is 2. The van der Waals surface area contributed by atoms with Crippen molar-refractivity contribution < 1.29 is 10.2 Å². The lowest BCUT2D eigenvalue weighted by molar-refractivity contribution is 0.0299. The summed E-state index contributed by atoms with van der Waals surface area (Å²) in [5.74, 6) is 0. The van der Waals surface area contributed by atoms with E-state index in [2.05, 4.69) is 6.92 Å². The van der Waals surface area contributed by atoms with Gasteiger partial charge in [-0.1, -0.05) is 77.6 Å². The van der Waals surface area contributed by atoms with Gasteiger partial charge in [0.05, 0.1) is 12.2 Å². The van der Waals surface area contributed by atoms with Crippen molar-refractivity contribution >= 4 is 0 Å². The minimum atomic E-state index is -0.637. The topological polar surface area (TPSA) is 66.8 Å². The third-order valence-corrected chi connectivity index (χ3v) is 5.26. The number of aliphatic hydroxyl groups excluding tert-OH is 2. The second-order valence-electron chi connectivity index (χ2n) is 8.11. The van der Waals surface area contributed by atoms with Gasteiger partial charge in [0, 0.05) is 5.54 Å². The molecule has 4 nitrogen and oxygen atoms in total.